The van der Waals surface area contributed by atoms with Crippen LogP contribution in [0.25, 0.3) is 0 Å². The van der Waals surface area contributed by atoms with Crippen molar-refractivity contribution in [3.05, 3.63) is 35.9 Å². The summed E-state index contributed by atoms with van der Waals surface area (Å²) >= 11 is 1.30. The predicted molar refractivity (Wildman–Crippen MR) is 119 cm³/mol. The third-order valence-electron chi connectivity index (χ3n) is 5.58. The number of amides is 1. The lowest BCUT2D eigenvalue weighted by Gasteiger charge is -2.31. The molecule has 2 aliphatic heterocycles. The van der Waals surface area contributed by atoms with Crippen molar-refractivity contribution in [1.29, 1.82) is 0 Å². The van der Waals surface area contributed by atoms with Gasteiger partial charge in [0.25, 0.3) is 0 Å². The second-order valence-electron chi connectivity index (χ2n) is 7.94. The van der Waals surface area contributed by atoms with Crippen molar-refractivity contribution in [2.45, 2.75) is 42.1 Å². The van der Waals surface area contributed by atoms with E-state index in [1.165, 1.54) is 46.8 Å². The Kier molecular flexibility index (Phi) is 6.28. The highest BCUT2D eigenvalue weighted by Crippen LogP contribution is 2.47. The molecule has 4 rings (SSSR count). The summed E-state index contributed by atoms with van der Waals surface area (Å²) in [6.45, 7) is 2.52. The van der Waals surface area contributed by atoms with Crippen LogP contribution >= 0.6 is 11.8 Å². The zero-order valence-electron chi connectivity index (χ0n) is 17.6. The maximum absolute atomic E-state index is 14.0. The minimum Gasteiger partial charge on any atom is -0.487 e. The lowest BCUT2D eigenvalue weighted by Crippen LogP contribution is -2.43. The number of carbonyl (C=O) groups excluding carboxylic acids is 1. The molecular weight excluding hydrogens is 457 g/mol. The van der Waals surface area contributed by atoms with E-state index in [0.29, 0.717) is 35.9 Å². The van der Waals surface area contributed by atoms with Gasteiger partial charge in [0, 0.05) is 24.1 Å². The van der Waals surface area contributed by atoms with Gasteiger partial charge in [-0.15, -0.1) is 0 Å². The van der Waals surface area contributed by atoms with E-state index in [1.807, 2.05) is 6.92 Å². The topological polar surface area (TPSA) is 128 Å². The molecule has 0 bridgehead atoms. The van der Waals surface area contributed by atoms with Crippen molar-refractivity contribution < 1.29 is 22.3 Å². The van der Waals surface area contributed by atoms with E-state index in [9.17, 15) is 17.6 Å². The number of primary amides is 1. The van der Waals surface area contributed by atoms with Crippen LogP contribution in [0.1, 0.15) is 31.2 Å². The fourth-order valence-electron chi connectivity index (χ4n) is 3.97. The molecule has 12 heteroatoms. The molecule has 3 N–H and O–H groups in total. The second-order valence-corrected chi connectivity index (χ2v) is 11.1. The Morgan fingerprint density at radius 2 is 2.16 bits per heavy atom. The van der Waals surface area contributed by atoms with E-state index in [-0.39, 0.29) is 18.2 Å². The lowest BCUT2D eigenvalue weighted by atomic mass is 9.99. The number of hydrogen-bond donors (Lipinski definition) is 2. The molecule has 2 aromatic rings. The first-order chi connectivity index (χ1) is 15.1. The number of nitrogens with two attached hydrogens (primary N) is 1. The van der Waals surface area contributed by atoms with Crippen LogP contribution in [0.4, 0.5) is 15.9 Å². The lowest BCUT2D eigenvalue weighted by molar-refractivity contribution is -0.117. The molecule has 32 heavy (non-hydrogen) atoms. The van der Waals surface area contributed by atoms with Gasteiger partial charge in [0.1, 0.15) is 34.8 Å². The molecule has 1 aromatic heterocycles. The monoisotopic (exact) mass is 481 g/mol. The van der Waals surface area contributed by atoms with Crippen molar-refractivity contribution in [3.8, 4) is 5.75 Å². The summed E-state index contributed by atoms with van der Waals surface area (Å²) in [5, 5.41) is 3.40. The zero-order valence-corrected chi connectivity index (χ0v) is 19.2. The SMILES string of the molecule is CC1c2c(Nc3ccc(F)cc3O[C@@H]3CCCN(S(C)(=O)=O)C3)ncnc2SC1C(N)=O. The third-order valence-corrected chi connectivity index (χ3v) is 8.29. The predicted octanol–water partition coefficient (Wildman–Crippen LogP) is 2.23. The smallest absolute Gasteiger partial charge is 0.231 e. The average Bonchev–Trinajstić information content (AvgIpc) is 3.07. The van der Waals surface area contributed by atoms with Crippen LogP contribution in [0.3, 0.4) is 0 Å². The Balaban J connectivity index is 1.60. The molecule has 1 saturated heterocycles. The maximum Gasteiger partial charge on any atom is 0.231 e. The van der Waals surface area contributed by atoms with Crippen LogP contribution in [-0.2, 0) is 14.8 Å². The molecule has 0 aliphatic carbocycles. The van der Waals surface area contributed by atoms with Gasteiger partial charge in [0.05, 0.1) is 23.7 Å². The number of benzene rings is 1. The van der Waals surface area contributed by atoms with Gasteiger partial charge in [-0.1, -0.05) is 18.7 Å². The van der Waals surface area contributed by atoms with Crippen molar-refractivity contribution in [3.63, 3.8) is 0 Å². The molecule has 2 aliphatic rings. The molecule has 3 atom stereocenters. The molecule has 1 aromatic carbocycles. The number of thioether (sulfide) groups is 1. The third kappa shape index (κ3) is 4.66. The highest BCUT2D eigenvalue weighted by atomic mass is 32.2. The van der Waals surface area contributed by atoms with Gasteiger partial charge >= 0.3 is 0 Å². The summed E-state index contributed by atoms with van der Waals surface area (Å²) in [7, 11) is -3.34. The van der Waals surface area contributed by atoms with Gasteiger partial charge in [-0.25, -0.2) is 22.8 Å². The standard InChI is InChI=1S/C20H24FN5O4S2/c1-11-16-19(23-10-24-20(16)31-17(11)18(22)27)25-14-6-5-12(21)8-15(14)30-13-4-3-7-26(9-13)32(2,28)29/h5-6,8,10-11,13,17H,3-4,7,9H2,1-2H3,(H2,22,27)(H,23,24,25)/t11?,13-,17?/m1/s1. The van der Waals surface area contributed by atoms with E-state index in [0.717, 1.165) is 5.56 Å². The van der Waals surface area contributed by atoms with E-state index in [4.69, 9.17) is 10.5 Å². The van der Waals surface area contributed by atoms with Gasteiger partial charge in [0.2, 0.25) is 15.9 Å². The molecule has 0 spiro atoms. The van der Waals surface area contributed by atoms with E-state index >= 15 is 0 Å². The van der Waals surface area contributed by atoms with Crippen LogP contribution in [0.2, 0.25) is 0 Å². The Hall–Kier alpha value is -2.44. The molecular formula is C20H24FN5O4S2. The first-order valence-corrected chi connectivity index (χ1v) is 12.9. The second kappa shape index (κ2) is 8.83. The van der Waals surface area contributed by atoms with Gasteiger partial charge < -0.3 is 15.8 Å². The molecule has 1 amide bonds. The maximum atomic E-state index is 14.0. The highest BCUT2D eigenvalue weighted by molar-refractivity contribution is 8.01. The number of rotatable bonds is 6. The number of aromatic nitrogens is 2. The Morgan fingerprint density at radius 3 is 2.88 bits per heavy atom. The van der Waals surface area contributed by atoms with Crippen LogP contribution in [0, 0.1) is 5.82 Å². The zero-order chi connectivity index (χ0) is 23.0. The van der Waals surface area contributed by atoms with Crippen LogP contribution in [0.15, 0.2) is 29.6 Å². The largest absolute Gasteiger partial charge is 0.487 e. The molecule has 9 nitrogen and oxygen atoms in total. The quantitative estimate of drug-likeness (QED) is 0.601. The number of anilines is 2. The number of halogens is 1. The average molecular weight is 482 g/mol. The number of carbonyl (C=O) groups is 1. The number of fused-ring (bicyclic) bond motifs is 1. The summed E-state index contributed by atoms with van der Waals surface area (Å²) < 4.78 is 45.3. The van der Waals surface area contributed by atoms with Gasteiger partial charge in [0.15, 0.2) is 0 Å². The number of nitrogens with zero attached hydrogens (tertiary/aromatic N) is 3. The van der Waals surface area contributed by atoms with Crippen LogP contribution in [0.5, 0.6) is 5.75 Å². The van der Waals surface area contributed by atoms with E-state index < -0.39 is 33.1 Å². The summed E-state index contributed by atoms with van der Waals surface area (Å²) in [4.78, 5) is 20.4. The van der Waals surface area contributed by atoms with Gasteiger partial charge in [-0.2, -0.15) is 4.31 Å². The molecule has 0 radical (unpaired) electrons. The number of hydrogen-bond acceptors (Lipinski definition) is 8. The molecule has 1 fully saturated rings. The number of sulfonamides is 1. The Labute approximate surface area is 190 Å². The summed E-state index contributed by atoms with van der Waals surface area (Å²) in [6.07, 6.45) is 3.45. The first-order valence-electron chi connectivity index (χ1n) is 10.1. The Morgan fingerprint density at radius 1 is 1.38 bits per heavy atom. The summed E-state index contributed by atoms with van der Waals surface area (Å²) in [5.74, 6) is -0.376. The van der Waals surface area contributed by atoms with Gasteiger partial charge in [-0.3, -0.25) is 4.79 Å². The van der Waals surface area contributed by atoms with E-state index in [2.05, 4.69) is 15.3 Å². The Bertz CT molecular complexity index is 1150. The fraction of sp³-hybridized carbons (Fsp3) is 0.450. The number of piperidine rings is 1. The van der Waals surface area contributed by atoms with Crippen molar-refractivity contribution in [1.82, 2.24) is 14.3 Å². The molecule has 172 valence electrons. The molecule has 3 heterocycles. The number of nitrogens with one attached hydrogen (secondary N) is 1. The highest BCUT2D eigenvalue weighted by Gasteiger charge is 2.37. The summed E-state index contributed by atoms with van der Waals surface area (Å²) in [5.41, 5.74) is 6.76. The van der Waals surface area contributed by atoms with Crippen molar-refractivity contribution >= 4 is 39.2 Å². The van der Waals surface area contributed by atoms with Gasteiger partial charge in [-0.05, 0) is 25.0 Å². The fourth-order valence-corrected chi connectivity index (χ4v) is 6.08. The van der Waals surface area contributed by atoms with Crippen molar-refractivity contribution in [2.24, 2.45) is 5.73 Å². The first kappa shape index (κ1) is 22.7. The minimum absolute atomic E-state index is 0.200. The van der Waals surface area contributed by atoms with Crippen LogP contribution < -0.4 is 15.8 Å². The minimum atomic E-state index is -3.34. The molecule has 2 unspecified atom stereocenters. The van der Waals surface area contributed by atoms with Crippen molar-refractivity contribution in [2.75, 3.05) is 24.7 Å². The van der Waals surface area contributed by atoms with E-state index in [1.54, 1.807) is 0 Å². The summed E-state index contributed by atoms with van der Waals surface area (Å²) in [6, 6.07) is 4.09. The molecule has 0 saturated carbocycles. The van der Waals surface area contributed by atoms with Crippen LogP contribution in [-0.4, -0.2) is 59.3 Å². The normalized spacial score (nSPS) is 23.5. The number of ether oxygens (including phenoxy) is 1.